The molecule has 1 saturated carbocycles. The molecule has 0 spiro atoms. The van der Waals surface area contributed by atoms with Crippen molar-refractivity contribution < 1.29 is 31.9 Å². The van der Waals surface area contributed by atoms with Crippen molar-refractivity contribution in [1.82, 2.24) is 10.2 Å². The Bertz CT molecular complexity index is 1190. The van der Waals surface area contributed by atoms with Gasteiger partial charge in [0.2, 0.25) is 0 Å². The van der Waals surface area contributed by atoms with Crippen molar-refractivity contribution in [2.75, 3.05) is 10.6 Å². The summed E-state index contributed by atoms with van der Waals surface area (Å²) in [5.41, 5.74) is 0.455. The van der Waals surface area contributed by atoms with Gasteiger partial charge in [0.25, 0.3) is 0 Å². The van der Waals surface area contributed by atoms with Crippen LogP contribution in [0, 0.1) is 0 Å². The molecule has 0 aliphatic heterocycles. The van der Waals surface area contributed by atoms with Gasteiger partial charge in [-0.1, -0.05) is 29.4 Å². The molecule has 2 aromatic carbocycles. The van der Waals surface area contributed by atoms with E-state index in [9.17, 15) is 22.8 Å². The van der Waals surface area contributed by atoms with E-state index < -0.39 is 23.5 Å². The number of benzene rings is 2. The Morgan fingerprint density at radius 1 is 1.00 bits per heavy atom. The summed E-state index contributed by atoms with van der Waals surface area (Å²) in [6.07, 6.45) is -1.18. The van der Waals surface area contributed by atoms with Crippen LogP contribution in [0.3, 0.4) is 0 Å². The molecule has 1 fully saturated rings. The minimum atomic E-state index is -4.57. The first kappa shape index (κ1) is 24.2. The number of nitrogens with zero attached hydrogens (tertiary/aromatic N) is 2. The quantitative estimate of drug-likeness (QED) is 0.430. The molecule has 1 aliphatic rings. The van der Waals surface area contributed by atoms with E-state index in [4.69, 9.17) is 9.15 Å². The summed E-state index contributed by atoms with van der Waals surface area (Å²) in [5, 5.41) is 12.3. The third-order valence-corrected chi connectivity index (χ3v) is 5.74. The van der Waals surface area contributed by atoms with Crippen molar-refractivity contribution in [3.63, 3.8) is 0 Å². The number of ether oxygens (including phenoxy) is 1. The van der Waals surface area contributed by atoms with Crippen molar-refractivity contribution in [1.29, 1.82) is 0 Å². The fourth-order valence-electron chi connectivity index (χ4n) is 4.09. The number of hydrogen-bond acceptors (Lipinski definition) is 7. The Hall–Kier alpha value is -3.89. The molecule has 3 aromatic rings. The van der Waals surface area contributed by atoms with Gasteiger partial charge in [0, 0.05) is 12.6 Å². The number of rotatable bonds is 6. The molecule has 0 saturated heterocycles. The molecule has 1 aromatic heterocycles. The predicted molar refractivity (Wildman–Crippen MR) is 120 cm³/mol. The third kappa shape index (κ3) is 6.17. The average molecular weight is 488 g/mol. The summed E-state index contributed by atoms with van der Waals surface area (Å²) in [6.45, 7) is 1.41. The molecule has 4 rings (SSSR count). The van der Waals surface area contributed by atoms with Crippen LogP contribution in [0.1, 0.15) is 60.3 Å². The first-order valence-electron chi connectivity index (χ1n) is 11.0. The second-order valence-corrected chi connectivity index (χ2v) is 8.24. The molecule has 1 aliphatic carbocycles. The molecule has 2 N–H and O–H groups in total. The van der Waals surface area contributed by atoms with Crippen LogP contribution in [-0.4, -0.2) is 28.2 Å². The lowest BCUT2D eigenvalue weighted by Gasteiger charge is -2.28. The highest BCUT2D eigenvalue weighted by molar-refractivity contribution is 6.00. The first-order valence-corrected chi connectivity index (χ1v) is 11.0. The third-order valence-electron chi connectivity index (χ3n) is 5.74. The number of anilines is 3. The van der Waals surface area contributed by atoms with E-state index in [0.29, 0.717) is 11.6 Å². The van der Waals surface area contributed by atoms with E-state index in [0.717, 1.165) is 37.3 Å². The fraction of sp³-hybridized carbons (Fsp3) is 0.333. The molecule has 184 valence electrons. The van der Waals surface area contributed by atoms with Crippen LogP contribution in [0.5, 0.6) is 0 Å². The molecule has 35 heavy (non-hydrogen) atoms. The van der Waals surface area contributed by atoms with Gasteiger partial charge in [-0.15, -0.1) is 5.10 Å². The highest BCUT2D eigenvalue weighted by atomic mass is 19.4. The van der Waals surface area contributed by atoms with E-state index in [2.05, 4.69) is 20.8 Å². The Morgan fingerprint density at radius 2 is 1.69 bits per heavy atom. The molecule has 1 amide bonds. The second kappa shape index (κ2) is 10.2. The lowest BCUT2D eigenvalue weighted by Crippen LogP contribution is -2.22. The van der Waals surface area contributed by atoms with Gasteiger partial charge in [0.1, 0.15) is 6.10 Å². The Labute approximate surface area is 198 Å². The van der Waals surface area contributed by atoms with Crippen molar-refractivity contribution in [3.05, 3.63) is 65.5 Å². The second-order valence-electron chi connectivity index (χ2n) is 8.24. The molecule has 1 heterocycles. The van der Waals surface area contributed by atoms with Gasteiger partial charge in [0.05, 0.1) is 11.3 Å². The molecule has 0 unspecified atom stereocenters. The standard InChI is InChI=1S/C24H23F3N4O4/c1-14(32)34-18-12-8-16(9-13-18)15-6-10-17(11-7-15)28-21(33)22-30-31-23(35-22)29-20-5-3-2-4-19(20)24(25,26)27/h2-7,10-11,16,18H,8-9,12-13H2,1H3,(H,28,33)(H,29,31). The van der Waals surface area contributed by atoms with Gasteiger partial charge < -0.3 is 19.8 Å². The molecule has 0 bridgehead atoms. The van der Waals surface area contributed by atoms with Crippen molar-refractivity contribution >= 4 is 29.3 Å². The fourth-order valence-corrected chi connectivity index (χ4v) is 4.09. The van der Waals surface area contributed by atoms with E-state index in [1.807, 2.05) is 12.1 Å². The monoisotopic (exact) mass is 488 g/mol. The van der Waals surface area contributed by atoms with E-state index in [1.54, 1.807) is 12.1 Å². The number of alkyl halides is 3. The number of amides is 1. The summed E-state index contributed by atoms with van der Waals surface area (Å²) in [6, 6.07) is 11.8. The van der Waals surface area contributed by atoms with Gasteiger partial charge >= 0.3 is 30.0 Å². The number of halogens is 3. The van der Waals surface area contributed by atoms with Crippen molar-refractivity contribution in [3.8, 4) is 0 Å². The minimum absolute atomic E-state index is 0.0296. The van der Waals surface area contributed by atoms with Crippen LogP contribution in [0.2, 0.25) is 0 Å². The van der Waals surface area contributed by atoms with Gasteiger partial charge in [-0.2, -0.15) is 13.2 Å². The van der Waals surface area contributed by atoms with Crippen molar-refractivity contribution in [2.45, 2.75) is 50.8 Å². The Kier molecular flexibility index (Phi) is 7.04. The normalized spacial score (nSPS) is 18.1. The molecular weight excluding hydrogens is 465 g/mol. The van der Waals surface area contributed by atoms with E-state index in [1.165, 1.54) is 25.1 Å². The van der Waals surface area contributed by atoms with Crippen LogP contribution in [-0.2, 0) is 15.7 Å². The van der Waals surface area contributed by atoms with Crippen LogP contribution in [0.25, 0.3) is 0 Å². The van der Waals surface area contributed by atoms with Gasteiger partial charge in [-0.05, 0) is 61.4 Å². The lowest BCUT2D eigenvalue weighted by molar-refractivity contribution is -0.147. The zero-order chi connectivity index (χ0) is 25.0. The zero-order valence-electron chi connectivity index (χ0n) is 18.8. The largest absolute Gasteiger partial charge is 0.463 e. The molecular formula is C24H23F3N4O4. The summed E-state index contributed by atoms with van der Waals surface area (Å²) in [4.78, 5) is 23.6. The number of nitrogens with one attached hydrogen (secondary N) is 2. The SMILES string of the molecule is CC(=O)OC1CCC(c2ccc(NC(=O)c3nnc(Nc4ccccc4C(F)(F)F)o3)cc2)CC1. The number of aromatic nitrogens is 2. The maximum absolute atomic E-state index is 13.1. The van der Waals surface area contributed by atoms with Crippen molar-refractivity contribution in [2.24, 2.45) is 0 Å². The van der Waals surface area contributed by atoms with Crippen LogP contribution < -0.4 is 10.6 Å². The van der Waals surface area contributed by atoms with E-state index in [-0.39, 0.29) is 23.8 Å². The van der Waals surface area contributed by atoms with Gasteiger partial charge in [0.15, 0.2) is 0 Å². The van der Waals surface area contributed by atoms with Crippen LogP contribution >= 0.6 is 0 Å². The maximum atomic E-state index is 13.1. The number of carbonyl (C=O) groups is 2. The molecule has 11 heteroatoms. The highest BCUT2D eigenvalue weighted by Gasteiger charge is 2.33. The zero-order valence-corrected chi connectivity index (χ0v) is 18.8. The minimum Gasteiger partial charge on any atom is -0.463 e. The van der Waals surface area contributed by atoms with Gasteiger partial charge in [-0.3, -0.25) is 9.59 Å². The van der Waals surface area contributed by atoms with Gasteiger partial charge in [-0.25, -0.2) is 0 Å². The molecule has 0 radical (unpaired) electrons. The topological polar surface area (TPSA) is 106 Å². The Balaban J connectivity index is 1.34. The molecule has 8 nitrogen and oxygen atoms in total. The maximum Gasteiger partial charge on any atom is 0.418 e. The summed E-state index contributed by atoms with van der Waals surface area (Å²) in [7, 11) is 0. The highest BCUT2D eigenvalue weighted by Crippen LogP contribution is 2.36. The number of esters is 1. The van der Waals surface area contributed by atoms with E-state index >= 15 is 0 Å². The Morgan fingerprint density at radius 3 is 2.34 bits per heavy atom. The van der Waals surface area contributed by atoms with Crippen LogP contribution in [0.15, 0.2) is 52.9 Å². The van der Waals surface area contributed by atoms with Crippen LogP contribution in [0.4, 0.5) is 30.6 Å². The smallest absolute Gasteiger partial charge is 0.418 e. The summed E-state index contributed by atoms with van der Waals surface area (Å²) >= 11 is 0. The summed E-state index contributed by atoms with van der Waals surface area (Å²) in [5.74, 6) is -1.01. The number of carbonyl (C=O) groups excluding carboxylic acids is 2. The molecule has 0 atom stereocenters. The lowest BCUT2D eigenvalue weighted by atomic mass is 9.82. The number of para-hydroxylation sites is 1. The average Bonchev–Trinajstić information content (AvgIpc) is 3.28. The number of hydrogen-bond donors (Lipinski definition) is 2. The predicted octanol–water partition coefficient (Wildman–Crippen LogP) is 5.67. The summed E-state index contributed by atoms with van der Waals surface area (Å²) < 4.78 is 49.9. The first-order chi connectivity index (χ1) is 16.7.